The Bertz CT molecular complexity index is 701. The summed E-state index contributed by atoms with van der Waals surface area (Å²) in [6.45, 7) is 1.73. The van der Waals surface area contributed by atoms with Gasteiger partial charge in [0.1, 0.15) is 0 Å². The Hall–Kier alpha value is -1.66. The summed E-state index contributed by atoms with van der Waals surface area (Å²) in [6.07, 6.45) is 7.03. The van der Waals surface area contributed by atoms with Crippen molar-refractivity contribution in [2.24, 2.45) is 5.92 Å². The molecule has 3 rings (SSSR count). The highest BCUT2D eigenvalue weighted by Crippen LogP contribution is 2.28. The lowest BCUT2D eigenvalue weighted by Gasteiger charge is -2.34. The molecular formula is C19H26N2O3S. The Balaban J connectivity index is 1.52. The molecule has 0 N–H and O–H groups in total. The molecule has 1 saturated heterocycles. The summed E-state index contributed by atoms with van der Waals surface area (Å²) >= 11 is 0. The van der Waals surface area contributed by atoms with Gasteiger partial charge >= 0.3 is 0 Å². The van der Waals surface area contributed by atoms with Crippen LogP contribution in [0.1, 0.15) is 37.7 Å². The average Bonchev–Trinajstić information content (AvgIpc) is 3.14. The molecular weight excluding hydrogens is 336 g/mol. The third-order valence-electron chi connectivity index (χ3n) is 5.12. The number of nitrogens with zero attached hydrogens (tertiary/aromatic N) is 2. The molecule has 0 bridgehead atoms. The van der Waals surface area contributed by atoms with Crippen LogP contribution in [0.2, 0.25) is 0 Å². The Morgan fingerprint density at radius 2 is 1.68 bits per heavy atom. The lowest BCUT2D eigenvalue weighted by molar-refractivity contribution is -0.133. The number of rotatable bonds is 5. The lowest BCUT2D eigenvalue weighted by Crippen LogP contribution is -2.50. The van der Waals surface area contributed by atoms with Gasteiger partial charge < -0.3 is 4.90 Å². The maximum absolute atomic E-state index is 12.4. The largest absolute Gasteiger partial charge is 0.340 e. The van der Waals surface area contributed by atoms with E-state index in [0.29, 0.717) is 38.5 Å². The van der Waals surface area contributed by atoms with E-state index in [1.807, 2.05) is 35.2 Å². The number of hydrogen-bond acceptors (Lipinski definition) is 3. The minimum absolute atomic E-state index is 0.184. The van der Waals surface area contributed by atoms with Gasteiger partial charge in [-0.15, -0.1) is 0 Å². The predicted octanol–water partition coefficient (Wildman–Crippen LogP) is 2.71. The van der Waals surface area contributed by atoms with Crippen LogP contribution in [0.5, 0.6) is 0 Å². The third kappa shape index (κ3) is 4.92. The van der Waals surface area contributed by atoms with Crippen molar-refractivity contribution in [2.75, 3.05) is 26.2 Å². The Morgan fingerprint density at radius 3 is 2.32 bits per heavy atom. The first-order chi connectivity index (χ1) is 12.0. The molecule has 1 saturated carbocycles. The Morgan fingerprint density at radius 1 is 1.04 bits per heavy atom. The Kier molecular flexibility index (Phi) is 5.91. The van der Waals surface area contributed by atoms with Crippen molar-refractivity contribution in [2.45, 2.75) is 32.1 Å². The second kappa shape index (κ2) is 8.15. The van der Waals surface area contributed by atoms with Crippen molar-refractivity contribution < 1.29 is 13.2 Å². The van der Waals surface area contributed by atoms with Gasteiger partial charge in [0.15, 0.2) is 0 Å². The van der Waals surface area contributed by atoms with Crippen LogP contribution in [0.4, 0.5) is 0 Å². The summed E-state index contributed by atoms with van der Waals surface area (Å²) in [6, 6.07) is 9.38. The van der Waals surface area contributed by atoms with E-state index < -0.39 is 10.0 Å². The fraction of sp³-hybridized carbons (Fsp3) is 0.526. The van der Waals surface area contributed by atoms with Gasteiger partial charge in [0.25, 0.3) is 0 Å². The van der Waals surface area contributed by atoms with Crippen LogP contribution in [-0.4, -0.2) is 49.7 Å². The molecule has 0 radical (unpaired) electrons. The maximum atomic E-state index is 12.4. The summed E-state index contributed by atoms with van der Waals surface area (Å²) in [7, 11) is -3.44. The van der Waals surface area contributed by atoms with Gasteiger partial charge in [-0.2, -0.15) is 4.31 Å². The monoisotopic (exact) mass is 362 g/mol. The SMILES string of the molecule is O=C(CC1CCCC1)N1CCN(S(=O)(=O)/C=C/c2ccccc2)CC1. The average molecular weight is 362 g/mol. The molecule has 25 heavy (non-hydrogen) atoms. The maximum Gasteiger partial charge on any atom is 0.236 e. The van der Waals surface area contributed by atoms with Crippen molar-refractivity contribution in [3.05, 3.63) is 41.3 Å². The minimum atomic E-state index is -3.44. The first-order valence-electron chi connectivity index (χ1n) is 9.06. The van der Waals surface area contributed by atoms with Gasteiger partial charge in [0.2, 0.25) is 15.9 Å². The van der Waals surface area contributed by atoms with E-state index >= 15 is 0 Å². The molecule has 0 unspecified atom stereocenters. The molecule has 1 aromatic rings. The third-order valence-corrected chi connectivity index (χ3v) is 6.69. The van der Waals surface area contributed by atoms with E-state index in [9.17, 15) is 13.2 Å². The second-order valence-electron chi connectivity index (χ2n) is 6.89. The fourth-order valence-electron chi connectivity index (χ4n) is 3.60. The molecule has 6 heteroatoms. The van der Waals surface area contributed by atoms with Crippen LogP contribution in [-0.2, 0) is 14.8 Å². The van der Waals surface area contributed by atoms with E-state index in [-0.39, 0.29) is 5.91 Å². The van der Waals surface area contributed by atoms with Crippen LogP contribution in [0.25, 0.3) is 6.08 Å². The van der Waals surface area contributed by atoms with Crippen LogP contribution in [0, 0.1) is 5.92 Å². The van der Waals surface area contributed by atoms with E-state index in [0.717, 1.165) is 18.4 Å². The molecule has 136 valence electrons. The number of benzene rings is 1. The number of amides is 1. The highest BCUT2D eigenvalue weighted by Gasteiger charge is 2.28. The van der Waals surface area contributed by atoms with Crippen molar-refractivity contribution in [3.8, 4) is 0 Å². The summed E-state index contributed by atoms with van der Waals surface area (Å²) in [5.74, 6) is 0.715. The number of piperazine rings is 1. The molecule has 2 aliphatic rings. The fourth-order valence-corrected chi connectivity index (χ4v) is 4.77. The molecule has 0 atom stereocenters. The van der Waals surface area contributed by atoms with Crippen LogP contribution in [0.15, 0.2) is 35.7 Å². The molecule has 0 spiro atoms. The van der Waals surface area contributed by atoms with Gasteiger partial charge in [-0.05, 0) is 30.4 Å². The molecule has 1 aliphatic heterocycles. The van der Waals surface area contributed by atoms with Crippen molar-refractivity contribution in [1.82, 2.24) is 9.21 Å². The van der Waals surface area contributed by atoms with Gasteiger partial charge in [0, 0.05) is 38.0 Å². The van der Waals surface area contributed by atoms with Gasteiger partial charge in [-0.3, -0.25) is 4.79 Å². The molecule has 5 nitrogen and oxygen atoms in total. The number of carbonyl (C=O) groups excluding carboxylic acids is 1. The minimum Gasteiger partial charge on any atom is -0.340 e. The van der Waals surface area contributed by atoms with E-state index in [4.69, 9.17) is 0 Å². The van der Waals surface area contributed by atoms with Gasteiger partial charge in [-0.25, -0.2) is 8.42 Å². The highest BCUT2D eigenvalue weighted by molar-refractivity contribution is 7.92. The lowest BCUT2D eigenvalue weighted by atomic mass is 10.0. The number of hydrogen-bond donors (Lipinski definition) is 0. The van der Waals surface area contributed by atoms with Crippen LogP contribution >= 0.6 is 0 Å². The molecule has 1 aliphatic carbocycles. The smallest absolute Gasteiger partial charge is 0.236 e. The summed E-state index contributed by atoms with van der Waals surface area (Å²) in [5.41, 5.74) is 0.858. The normalized spacial score (nSPS) is 20.4. The first-order valence-corrected chi connectivity index (χ1v) is 10.6. The summed E-state index contributed by atoms with van der Waals surface area (Å²) < 4.78 is 26.4. The zero-order valence-electron chi connectivity index (χ0n) is 14.5. The van der Waals surface area contributed by atoms with Crippen LogP contribution in [0.3, 0.4) is 0 Å². The summed E-state index contributed by atoms with van der Waals surface area (Å²) in [5, 5.41) is 1.26. The molecule has 0 aromatic heterocycles. The van der Waals surface area contributed by atoms with Crippen molar-refractivity contribution >= 4 is 22.0 Å². The predicted molar refractivity (Wildman–Crippen MR) is 99.1 cm³/mol. The molecule has 1 heterocycles. The number of sulfonamides is 1. The molecule has 1 aromatic carbocycles. The van der Waals surface area contributed by atoms with E-state index in [1.165, 1.54) is 22.6 Å². The zero-order chi connectivity index (χ0) is 17.7. The second-order valence-corrected chi connectivity index (χ2v) is 8.71. The standard InChI is InChI=1S/C19H26N2O3S/c22-19(16-18-8-4-5-9-18)20-11-13-21(14-12-20)25(23,24)15-10-17-6-2-1-3-7-17/h1-3,6-7,10,15,18H,4-5,8-9,11-14,16H2/b15-10+. The molecule has 2 fully saturated rings. The highest BCUT2D eigenvalue weighted by atomic mass is 32.2. The van der Waals surface area contributed by atoms with E-state index in [2.05, 4.69) is 0 Å². The van der Waals surface area contributed by atoms with Crippen LogP contribution < -0.4 is 0 Å². The topological polar surface area (TPSA) is 57.7 Å². The van der Waals surface area contributed by atoms with E-state index in [1.54, 1.807) is 6.08 Å². The molecule has 1 amide bonds. The quantitative estimate of drug-likeness (QED) is 0.809. The van der Waals surface area contributed by atoms with Crippen molar-refractivity contribution in [3.63, 3.8) is 0 Å². The summed E-state index contributed by atoms with van der Waals surface area (Å²) in [4.78, 5) is 14.2. The van der Waals surface area contributed by atoms with Crippen molar-refractivity contribution in [1.29, 1.82) is 0 Å². The number of carbonyl (C=O) groups is 1. The van der Waals surface area contributed by atoms with Gasteiger partial charge in [0.05, 0.1) is 0 Å². The Labute approximate surface area is 150 Å². The zero-order valence-corrected chi connectivity index (χ0v) is 15.3. The van der Waals surface area contributed by atoms with Gasteiger partial charge in [-0.1, -0.05) is 43.2 Å². The first kappa shape index (κ1) is 18.1.